The average Bonchev–Trinajstić information content (AvgIpc) is 2.79. The molecule has 2 amide bonds. The number of furan rings is 1. The Bertz CT molecular complexity index is 634. The van der Waals surface area contributed by atoms with E-state index >= 15 is 0 Å². The number of rotatable bonds is 5. The summed E-state index contributed by atoms with van der Waals surface area (Å²) in [6.07, 6.45) is 0. The quantitative estimate of drug-likeness (QED) is 0.737. The first-order valence-electron chi connectivity index (χ1n) is 6.32. The maximum absolute atomic E-state index is 11.6. The van der Waals surface area contributed by atoms with Crippen molar-refractivity contribution in [3.05, 3.63) is 35.6 Å². The fraction of sp³-hybridized carbons (Fsp3) is 0.286. The molecule has 0 fully saturated rings. The van der Waals surface area contributed by atoms with Crippen molar-refractivity contribution in [3.63, 3.8) is 0 Å². The Morgan fingerprint density at radius 1 is 1.20 bits per heavy atom. The van der Waals surface area contributed by atoms with Crippen molar-refractivity contribution in [2.24, 2.45) is 5.73 Å². The molecule has 0 atom stereocenters. The number of carbonyl (C=O) groups excluding carboxylic acids is 2. The van der Waals surface area contributed by atoms with Crippen molar-refractivity contribution in [1.29, 1.82) is 0 Å². The topological polar surface area (TPSA) is 97.4 Å². The Labute approximate surface area is 116 Å². The van der Waals surface area contributed by atoms with Crippen molar-refractivity contribution in [2.45, 2.75) is 13.5 Å². The molecular weight excluding hydrogens is 258 g/mol. The fourth-order valence-corrected chi connectivity index (χ4v) is 1.89. The van der Waals surface area contributed by atoms with Crippen LogP contribution in [-0.4, -0.2) is 24.9 Å². The number of para-hydroxylation sites is 1. The molecular formula is C14H17N3O3. The molecule has 0 saturated carbocycles. The third-order valence-corrected chi connectivity index (χ3v) is 3.02. The summed E-state index contributed by atoms with van der Waals surface area (Å²) >= 11 is 0. The smallest absolute Gasteiger partial charge is 0.239 e. The van der Waals surface area contributed by atoms with E-state index in [0.29, 0.717) is 5.76 Å². The van der Waals surface area contributed by atoms with Crippen molar-refractivity contribution in [2.75, 3.05) is 13.1 Å². The first kappa shape index (κ1) is 14.1. The third kappa shape index (κ3) is 3.16. The maximum atomic E-state index is 11.6. The van der Waals surface area contributed by atoms with Crippen LogP contribution >= 0.6 is 0 Å². The molecule has 0 spiro atoms. The van der Waals surface area contributed by atoms with Gasteiger partial charge in [-0.25, -0.2) is 0 Å². The molecule has 0 aliphatic heterocycles. The van der Waals surface area contributed by atoms with Crippen molar-refractivity contribution in [3.8, 4) is 0 Å². The minimum atomic E-state index is -0.361. The molecule has 20 heavy (non-hydrogen) atoms. The van der Waals surface area contributed by atoms with Gasteiger partial charge in [0.05, 0.1) is 19.6 Å². The van der Waals surface area contributed by atoms with Crippen LogP contribution in [0.2, 0.25) is 0 Å². The number of fused-ring (bicyclic) bond motifs is 1. The molecule has 0 radical (unpaired) electrons. The predicted molar refractivity (Wildman–Crippen MR) is 74.9 cm³/mol. The van der Waals surface area contributed by atoms with Gasteiger partial charge in [-0.15, -0.1) is 0 Å². The molecule has 106 valence electrons. The van der Waals surface area contributed by atoms with Gasteiger partial charge >= 0.3 is 0 Å². The highest BCUT2D eigenvalue weighted by molar-refractivity contribution is 5.85. The molecule has 6 nitrogen and oxygen atoms in total. The summed E-state index contributed by atoms with van der Waals surface area (Å²) in [5, 5.41) is 6.13. The molecule has 0 aliphatic rings. The summed E-state index contributed by atoms with van der Waals surface area (Å²) in [6.45, 7) is 2.02. The largest absolute Gasteiger partial charge is 0.459 e. The van der Waals surface area contributed by atoms with Crippen LogP contribution in [0.4, 0.5) is 0 Å². The summed E-state index contributed by atoms with van der Waals surface area (Å²) in [6, 6.07) is 7.70. The van der Waals surface area contributed by atoms with Crippen molar-refractivity contribution >= 4 is 22.8 Å². The fourth-order valence-electron chi connectivity index (χ4n) is 1.89. The van der Waals surface area contributed by atoms with Crippen LogP contribution in [0, 0.1) is 6.92 Å². The lowest BCUT2D eigenvalue weighted by atomic mass is 10.1. The summed E-state index contributed by atoms with van der Waals surface area (Å²) in [7, 11) is 0. The Morgan fingerprint density at radius 2 is 1.95 bits per heavy atom. The van der Waals surface area contributed by atoms with Crippen LogP contribution < -0.4 is 16.4 Å². The van der Waals surface area contributed by atoms with Gasteiger partial charge in [-0.1, -0.05) is 18.2 Å². The highest BCUT2D eigenvalue weighted by Gasteiger charge is 2.11. The number of aryl methyl sites for hydroxylation is 1. The number of benzene rings is 1. The van der Waals surface area contributed by atoms with Gasteiger partial charge in [0.2, 0.25) is 11.8 Å². The van der Waals surface area contributed by atoms with Crippen LogP contribution in [0.15, 0.2) is 28.7 Å². The number of amides is 2. The molecule has 6 heteroatoms. The molecule has 1 heterocycles. The van der Waals surface area contributed by atoms with Crippen LogP contribution in [0.5, 0.6) is 0 Å². The van der Waals surface area contributed by atoms with E-state index in [1.54, 1.807) is 0 Å². The number of nitrogens with one attached hydrogen (secondary N) is 2. The van der Waals surface area contributed by atoms with Crippen molar-refractivity contribution < 1.29 is 14.0 Å². The van der Waals surface area contributed by atoms with Crippen LogP contribution in [0.3, 0.4) is 0 Å². The normalized spacial score (nSPS) is 10.5. The molecule has 2 aromatic rings. The van der Waals surface area contributed by atoms with E-state index < -0.39 is 0 Å². The van der Waals surface area contributed by atoms with Crippen LogP contribution in [0.25, 0.3) is 11.0 Å². The number of hydrogen-bond acceptors (Lipinski definition) is 4. The summed E-state index contributed by atoms with van der Waals surface area (Å²) in [5.41, 5.74) is 6.93. The second kappa shape index (κ2) is 6.21. The predicted octanol–water partition coefficient (Wildman–Crippen LogP) is 0.432. The standard InChI is InChI=1S/C14H17N3O3/c1-9-10-4-2-3-5-11(10)20-12(9)7-16-14(19)8-17-13(18)6-15/h2-5H,6-8,15H2,1H3,(H,16,19)(H,17,18). The maximum Gasteiger partial charge on any atom is 0.239 e. The molecule has 0 unspecified atom stereocenters. The molecule has 4 N–H and O–H groups in total. The average molecular weight is 275 g/mol. The zero-order valence-corrected chi connectivity index (χ0v) is 11.2. The van der Waals surface area contributed by atoms with Gasteiger partial charge in [0.25, 0.3) is 0 Å². The van der Waals surface area contributed by atoms with E-state index in [9.17, 15) is 9.59 Å². The summed E-state index contributed by atoms with van der Waals surface area (Å²) in [4.78, 5) is 22.5. The monoisotopic (exact) mass is 275 g/mol. The van der Waals surface area contributed by atoms with Crippen LogP contribution in [0.1, 0.15) is 11.3 Å². The minimum absolute atomic E-state index is 0.0880. The Balaban J connectivity index is 1.94. The summed E-state index contributed by atoms with van der Waals surface area (Å²) in [5.74, 6) is 0.0661. The van der Waals surface area contributed by atoms with E-state index in [2.05, 4.69) is 10.6 Å². The zero-order chi connectivity index (χ0) is 14.5. The van der Waals surface area contributed by atoms with Gasteiger partial charge < -0.3 is 20.8 Å². The molecule has 1 aromatic heterocycles. The third-order valence-electron chi connectivity index (χ3n) is 3.02. The number of hydrogen-bond donors (Lipinski definition) is 3. The molecule has 0 bridgehead atoms. The highest BCUT2D eigenvalue weighted by Crippen LogP contribution is 2.24. The lowest BCUT2D eigenvalue weighted by Crippen LogP contribution is -2.39. The second-order valence-electron chi connectivity index (χ2n) is 4.40. The summed E-state index contributed by atoms with van der Waals surface area (Å²) < 4.78 is 5.67. The Kier molecular flexibility index (Phi) is 4.37. The molecule has 0 aliphatic carbocycles. The van der Waals surface area contributed by atoms with Crippen molar-refractivity contribution in [1.82, 2.24) is 10.6 Å². The van der Waals surface area contributed by atoms with E-state index in [-0.39, 0.29) is 31.4 Å². The van der Waals surface area contributed by atoms with Gasteiger partial charge in [0.1, 0.15) is 11.3 Å². The zero-order valence-electron chi connectivity index (χ0n) is 11.2. The molecule has 2 rings (SSSR count). The minimum Gasteiger partial charge on any atom is -0.459 e. The molecule has 0 saturated heterocycles. The van der Waals surface area contributed by atoms with Gasteiger partial charge in [0.15, 0.2) is 0 Å². The second-order valence-corrected chi connectivity index (χ2v) is 4.40. The van der Waals surface area contributed by atoms with E-state index in [1.165, 1.54) is 0 Å². The lowest BCUT2D eigenvalue weighted by molar-refractivity contribution is -0.125. The number of nitrogens with two attached hydrogens (primary N) is 1. The first-order chi connectivity index (χ1) is 9.61. The van der Waals surface area contributed by atoms with E-state index in [0.717, 1.165) is 16.5 Å². The first-order valence-corrected chi connectivity index (χ1v) is 6.32. The lowest BCUT2D eigenvalue weighted by Gasteiger charge is -2.05. The number of carbonyl (C=O) groups is 2. The van der Waals surface area contributed by atoms with Gasteiger partial charge in [-0.3, -0.25) is 9.59 Å². The van der Waals surface area contributed by atoms with E-state index in [1.807, 2.05) is 31.2 Å². The van der Waals surface area contributed by atoms with Gasteiger partial charge in [-0.2, -0.15) is 0 Å². The van der Waals surface area contributed by atoms with Gasteiger partial charge in [0, 0.05) is 10.9 Å². The van der Waals surface area contributed by atoms with Gasteiger partial charge in [-0.05, 0) is 13.0 Å². The SMILES string of the molecule is Cc1c(CNC(=O)CNC(=O)CN)oc2ccccc12. The van der Waals surface area contributed by atoms with E-state index in [4.69, 9.17) is 10.2 Å². The Morgan fingerprint density at radius 3 is 2.65 bits per heavy atom. The molecule has 1 aromatic carbocycles. The highest BCUT2D eigenvalue weighted by atomic mass is 16.3. The van der Waals surface area contributed by atoms with Crippen LogP contribution in [-0.2, 0) is 16.1 Å². The Hall–Kier alpha value is -2.34.